The molecule has 4 nitrogen and oxygen atoms in total. The summed E-state index contributed by atoms with van der Waals surface area (Å²) in [5.74, 6) is 0.571. The zero-order valence-corrected chi connectivity index (χ0v) is 12.4. The molecule has 1 aromatic heterocycles. The van der Waals surface area contributed by atoms with Crippen molar-refractivity contribution in [1.29, 1.82) is 0 Å². The third-order valence-electron chi connectivity index (χ3n) is 4.58. The lowest BCUT2D eigenvalue weighted by atomic mass is 9.83. The van der Waals surface area contributed by atoms with Crippen LogP contribution in [0.2, 0.25) is 0 Å². The minimum atomic E-state index is -0.101. The second-order valence-electron chi connectivity index (χ2n) is 6.08. The fourth-order valence-electron chi connectivity index (χ4n) is 3.26. The first-order valence-corrected chi connectivity index (χ1v) is 7.90. The van der Waals surface area contributed by atoms with Gasteiger partial charge in [-0.3, -0.25) is 0 Å². The molecule has 4 heteroatoms. The molecule has 4 rings (SSSR count). The lowest BCUT2D eigenvalue weighted by molar-refractivity contribution is 0.122. The average molecular weight is 293 g/mol. The van der Waals surface area contributed by atoms with Crippen molar-refractivity contribution in [3.8, 4) is 5.69 Å². The highest BCUT2D eigenvalue weighted by atomic mass is 16.3. The van der Waals surface area contributed by atoms with Gasteiger partial charge >= 0.3 is 0 Å². The number of aliphatic hydroxyl groups excluding tert-OH is 1. The van der Waals surface area contributed by atoms with E-state index < -0.39 is 0 Å². The van der Waals surface area contributed by atoms with Gasteiger partial charge in [-0.25, -0.2) is 0 Å². The van der Waals surface area contributed by atoms with Crippen LogP contribution in [0.1, 0.15) is 37.2 Å². The van der Waals surface area contributed by atoms with Gasteiger partial charge in [0.25, 0.3) is 0 Å². The van der Waals surface area contributed by atoms with Crippen molar-refractivity contribution < 1.29 is 5.11 Å². The van der Waals surface area contributed by atoms with E-state index in [1.807, 2.05) is 24.3 Å². The van der Waals surface area contributed by atoms with E-state index in [1.54, 1.807) is 4.80 Å². The highest BCUT2D eigenvalue weighted by molar-refractivity contribution is 5.73. The standard InChI is InChI=1S/C18H19N3O/c22-16-11-7-14(8-12-16)13-5-9-15(10-6-13)21-19-17-3-1-2-4-18(17)20-21/h1-6,9-10,14,16,22H,7-8,11-12H2. The van der Waals surface area contributed by atoms with Crippen LogP contribution in [0.25, 0.3) is 16.7 Å². The molecule has 0 aliphatic heterocycles. The van der Waals surface area contributed by atoms with Crippen LogP contribution in [-0.4, -0.2) is 26.2 Å². The highest BCUT2D eigenvalue weighted by Crippen LogP contribution is 2.33. The molecule has 22 heavy (non-hydrogen) atoms. The summed E-state index contributed by atoms with van der Waals surface area (Å²) in [5.41, 5.74) is 4.16. The first-order valence-electron chi connectivity index (χ1n) is 7.90. The van der Waals surface area contributed by atoms with Crippen LogP contribution in [0, 0.1) is 0 Å². The quantitative estimate of drug-likeness (QED) is 0.787. The Morgan fingerprint density at radius 3 is 2.00 bits per heavy atom. The molecule has 1 fully saturated rings. The van der Waals surface area contributed by atoms with Crippen LogP contribution in [-0.2, 0) is 0 Å². The molecule has 0 radical (unpaired) electrons. The molecule has 0 saturated heterocycles. The van der Waals surface area contributed by atoms with Gasteiger partial charge in [0.15, 0.2) is 0 Å². The molecular formula is C18H19N3O. The highest BCUT2D eigenvalue weighted by Gasteiger charge is 2.20. The Morgan fingerprint density at radius 1 is 0.818 bits per heavy atom. The smallest absolute Gasteiger partial charge is 0.113 e. The Morgan fingerprint density at radius 2 is 1.41 bits per heavy atom. The molecule has 0 unspecified atom stereocenters. The van der Waals surface area contributed by atoms with E-state index in [4.69, 9.17) is 0 Å². The molecule has 1 saturated carbocycles. The van der Waals surface area contributed by atoms with E-state index in [0.717, 1.165) is 42.4 Å². The minimum Gasteiger partial charge on any atom is -0.393 e. The first kappa shape index (κ1) is 13.5. The van der Waals surface area contributed by atoms with E-state index in [9.17, 15) is 5.11 Å². The molecule has 0 spiro atoms. The summed E-state index contributed by atoms with van der Waals surface area (Å²) in [6.07, 6.45) is 3.88. The Labute approximate surface area is 129 Å². The van der Waals surface area contributed by atoms with Crippen molar-refractivity contribution >= 4 is 11.0 Å². The molecule has 112 valence electrons. The SMILES string of the molecule is OC1CCC(c2ccc(-n3nc4ccccc4n3)cc2)CC1. The van der Waals surface area contributed by atoms with Gasteiger partial charge in [-0.05, 0) is 61.4 Å². The molecule has 0 atom stereocenters. The van der Waals surface area contributed by atoms with Crippen molar-refractivity contribution in [2.45, 2.75) is 37.7 Å². The van der Waals surface area contributed by atoms with Crippen LogP contribution in [0.5, 0.6) is 0 Å². The van der Waals surface area contributed by atoms with Gasteiger partial charge in [-0.1, -0.05) is 24.3 Å². The van der Waals surface area contributed by atoms with E-state index in [0.29, 0.717) is 5.92 Å². The number of aromatic nitrogens is 3. The number of benzene rings is 2. The lowest BCUT2D eigenvalue weighted by Gasteiger charge is -2.25. The molecule has 1 aliphatic carbocycles. The number of nitrogens with zero attached hydrogens (tertiary/aromatic N) is 3. The molecule has 1 N–H and O–H groups in total. The van der Waals surface area contributed by atoms with Gasteiger partial charge in [0.1, 0.15) is 11.0 Å². The number of hydrogen-bond acceptors (Lipinski definition) is 3. The Hall–Kier alpha value is -2.20. The van der Waals surface area contributed by atoms with Gasteiger partial charge in [-0.2, -0.15) is 4.80 Å². The summed E-state index contributed by atoms with van der Waals surface area (Å²) < 4.78 is 0. The van der Waals surface area contributed by atoms with Crippen LogP contribution in [0.4, 0.5) is 0 Å². The first-order chi connectivity index (χ1) is 10.8. The minimum absolute atomic E-state index is 0.101. The molecule has 0 bridgehead atoms. The number of aliphatic hydroxyl groups is 1. The van der Waals surface area contributed by atoms with Crippen molar-refractivity contribution in [2.75, 3.05) is 0 Å². The monoisotopic (exact) mass is 293 g/mol. The third-order valence-corrected chi connectivity index (χ3v) is 4.58. The normalized spacial score (nSPS) is 22.0. The molecule has 0 amide bonds. The topological polar surface area (TPSA) is 50.9 Å². The number of hydrogen-bond donors (Lipinski definition) is 1. The summed E-state index contributed by atoms with van der Waals surface area (Å²) in [7, 11) is 0. The molecule has 1 aliphatic rings. The average Bonchev–Trinajstić information content (AvgIpc) is 3.00. The van der Waals surface area contributed by atoms with E-state index in [-0.39, 0.29) is 6.10 Å². The second-order valence-corrected chi connectivity index (χ2v) is 6.08. The Balaban J connectivity index is 1.58. The predicted octanol–water partition coefficient (Wildman–Crippen LogP) is 3.44. The Bertz CT molecular complexity index is 737. The summed E-state index contributed by atoms with van der Waals surface area (Å²) in [5, 5.41) is 18.6. The maximum absolute atomic E-state index is 9.62. The van der Waals surface area contributed by atoms with Crippen molar-refractivity contribution in [3.63, 3.8) is 0 Å². The Kier molecular flexibility index (Phi) is 3.39. The molecular weight excluding hydrogens is 274 g/mol. The van der Waals surface area contributed by atoms with Crippen LogP contribution < -0.4 is 0 Å². The zero-order chi connectivity index (χ0) is 14.9. The fourth-order valence-corrected chi connectivity index (χ4v) is 3.26. The van der Waals surface area contributed by atoms with Crippen molar-refractivity contribution in [1.82, 2.24) is 15.0 Å². The number of rotatable bonds is 2. The van der Waals surface area contributed by atoms with Gasteiger partial charge in [0.05, 0.1) is 11.8 Å². The third kappa shape index (κ3) is 2.50. The summed E-state index contributed by atoms with van der Waals surface area (Å²) >= 11 is 0. The molecule has 1 heterocycles. The van der Waals surface area contributed by atoms with Gasteiger partial charge in [-0.15, -0.1) is 10.2 Å². The van der Waals surface area contributed by atoms with Gasteiger partial charge < -0.3 is 5.11 Å². The van der Waals surface area contributed by atoms with E-state index in [1.165, 1.54) is 5.56 Å². The van der Waals surface area contributed by atoms with Crippen LogP contribution in [0.15, 0.2) is 48.5 Å². The van der Waals surface area contributed by atoms with Gasteiger partial charge in [0.2, 0.25) is 0 Å². The summed E-state index contributed by atoms with van der Waals surface area (Å²) in [6, 6.07) is 16.4. The largest absolute Gasteiger partial charge is 0.393 e. The summed E-state index contributed by atoms with van der Waals surface area (Å²) in [4.78, 5) is 1.69. The van der Waals surface area contributed by atoms with Gasteiger partial charge in [0, 0.05) is 0 Å². The van der Waals surface area contributed by atoms with E-state index in [2.05, 4.69) is 34.5 Å². The summed E-state index contributed by atoms with van der Waals surface area (Å²) in [6.45, 7) is 0. The number of fused-ring (bicyclic) bond motifs is 1. The van der Waals surface area contributed by atoms with E-state index >= 15 is 0 Å². The maximum atomic E-state index is 9.62. The van der Waals surface area contributed by atoms with Crippen molar-refractivity contribution in [2.24, 2.45) is 0 Å². The fraction of sp³-hybridized carbons (Fsp3) is 0.333. The van der Waals surface area contributed by atoms with Crippen LogP contribution in [0.3, 0.4) is 0 Å². The molecule has 2 aromatic carbocycles. The van der Waals surface area contributed by atoms with Crippen LogP contribution >= 0.6 is 0 Å². The van der Waals surface area contributed by atoms with Crippen molar-refractivity contribution in [3.05, 3.63) is 54.1 Å². The predicted molar refractivity (Wildman–Crippen MR) is 86.1 cm³/mol. The lowest BCUT2D eigenvalue weighted by Crippen LogP contribution is -2.16. The zero-order valence-electron chi connectivity index (χ0n) is 12.4. The second kappa shape index (κ2) is 5.54. The molecule has 3 aromatic rings. The maximum Gasteiger partial charge on any atom is 0.113 e.